The van der Waals surface area contributed by atoms with Gasteiger partial charge in [0.1, 0.15) is 11.9 Å². The summed E-state index contributed by atoms with van der Waals surface area (Å²) < 4.78 is 32.5. The number of carbonyl (C=O) groups is 2. The van der Waals surface area contributed by atoms with Gasteiger partial charge in [0.15, 0.2) is 11.6 Å². The van der Waals surface area contributed by atoms with Crippen molar-refractivity contribution in [3.05, 3.63) is 47.8 Å². The lowest BCUT2D eigenvalue weighted by atomic mass is 9.79. The summed E-state index contributed by atoms with van der Waals surface area (Å²) in [6.45, 7) is 0. The Hall–Kier alpha value is -2.62. The van der Waals surface area contributed by atoms with Gasteiger partial charge in [0.25, 0.3) is 0 Å². The van der Waals surface area contributed by atoms with Crippen molar-refractivity contribution >= 4 is 28.0 Å². The largest absolute Gasteiger partial charge is 0.481 e. The van der Waals surface area contributed by atoms with Crippen LogP contribution in [0.25, 0.3) is 11.4 Å². The number of carboxylic acid groups (broad SMARTS) is 1. The third-order valence-corrected chi connectivity index (χ3v) is 6.58. The van der Waals surface area contributed by atoms with E-state index >= 15 is 0 Å². The smallest absolute Gasteiger partial charge is 0.407 e. The maximum absolute atomic E-state index is 14.3. The molecule has 10 heteroatoms. The molecule has 1 aromatic heterocycles. The molecular weight excluding hydrogens is 440 g/mol. The van der Waals surface area contributed by atoms with Gasteiger partial charge >= 0.3 is 12.1 Å². The molecule has 1 saturated carbocycles. The second-order valence-corrected chi connectivity index (χ2v) is 7.89. The minimum Gasteiger partial charge on any atom is -0.481 e. The topological polar surface area (TPSA) is 101 Å². The molecule has 4 atom stereocenters. The van der Waals surface area contributed by atoms with E-state index in [0.717, 1.165) is 12.4 Å². The number of alkyl halides is 1. The molecule has 2 aromatic rings. The van der Waals surface area contributed by atoms with Gasteiger partial charge in [-0.15, -0.1) is 0 Å². The van der Waals surface area contributed by atoms with Gasteiger partial charge in [0.2, 0.25) is 0 Å². The number of nitrogens with one attached hydrogen (secondary N) is 1. The Morgan fingerprint density at radius 2 is 2.07 bits per heavy atom. The number of ether oxygens (including phenoxy) is 1. The number of alkyl carbamates (subject to hydrolysis) is 1. The lowest BCUT2D eigenvalue weighted by molar-refractivity contribution is -0.148. The first-order valence-electron chi connectivity index (χ1n) is 8.41. The summed E-state index contributed by atoms with van der Waals surface area (Å²) in [4.78, 5) is 30.5. The second-order valence-electron chi connectivity index (χ2n) is 6.90. The Bertz CT molecular complexity index is 958. The van der Waals surface area contributed by atoms with Crippen molar-refractivity contribution in [1.82, 2.24) is 15.3 Å². The maximum Gasteiger partial charge on any atom is 0.407 e. The van der Waals surface area contributed by atoms with Crippen LogP contribution in [0.2, 0.25) is 0 Å². The van der Waals surface area contributed by atoms with E-state index in [1.807, 2.05) is 0 Å². The van der Waals surface area contributed by atoms with Crippen LogP contribution in [0.1, 0.15) is 12.0 Å². The minimum absolute atomic E-state index is 0.000551. The third kappa shape index (κ3) is 3.01. The van der Waals surface area contributed by atoms with Crippen LogP contribution in [0.15, 0.2) is 30.6 Å². The summed E-state index contributed by atoms with van der Waals surface area (Å²) in [7, 11) is 0. The molecule has 2 N–H and O–H groups in total. The van der Waals surface area contributed by atoms with E-state index in [9.17, 15) is 23.5 Å². The molecule has 1 aliphatic carbocycles. The number of fused-ring (bicyclic) bond motifs is 1. The van der Waals surface area contributed by atoms with Crippen LogP contribution >= 0.6 is 15.9 Å². The summed E-state index contributed by atoms with van der Waals surface area (Å²) >= 11 is 3.40. The lowest BCUT2D eigenvalue weighted by Gasteiger charge is -2.29. The van der Waals surface area contributed by atoms with Gasteiger partial charge in [-0.25, -0.2) is 23.5 Å². The van der Waals surface area contributed by atoms with Crippen LogP contribution in [0, 0.1) is 17.0 Å². The van der Waals surface area contributed by atoms with Gasteiger partial charge in [0, 0.05) is 0 Å². The molecule has 0 bridgehead atoms. The highest BCUT2D eigenvalue weighted by molar-refractivity contribution is 9.09. The van der Waals surface area contributed by atoms with Gasteiger partial charge < -0.3 is 15.2 Å². The number of carbonyl (C=O) groups excluding carboxylic acids is 1. The molecule has 2 heterocycles. The second kappa shape index (κ2) is 6.77. The summed E-state index contributed by atoms with van der Waals surface area (Å²) in [5.41, 5.74) is -0.670. The SMILES string of the molecule is O=C1N[C@@H]2C[C@@](Cc3ccc(F)c(-c4ncc(F)cn4)c3)(C(=O)O)[C@@H](Br)[C@@H]2O1. The van der Waals surface area contributed by atoms with Crippen molar-refractivity contribution in [3.8, 4) is 11.4 Å². The average molecular weight is 454 g/mol. The molecule has 146 valence electrons. The Morgan fingerprint density at radius 1 is 1.36 bits per heavy atom. The standard InChI is InChI=1S/C18H14BrF2N3O4/c19-14-13-12(24-17(27)28-13)5-18(14,16(25)26)4-8-1-2-11(21)10(3-8)15-22-6-9(20)7-23-15/h1-3,6-7,12-14H,4-5H2,(H,24,27)(H,25,26)/t12-,13-,14+,18-/m1/s1. The molecule has 1 aromatic carbocycles. The van der Waals surface area contributed by atoms with Crippen LogP contribution < -0.4 is 5.32 Å². The van der Waals surface area contributed by atoms with Gasteiger partial charge in [-0.2, -0.15) is 0 Å². The molecule has 0 unspecified atom stereocenters. The summed E-state index contributed by atoms with van der Waals surface area (Å²) in [6, 6.07) is 3.72. The van der Waals surface area contributed by atoms with E-state index < -0.39 is 46.1 Å². The molecule has 1 aliphatic heterocycles. The van der Waals surface area contributed by atoms with E-state index in [1.54, 1.807) is 0 Å². The van der Waals surface area contributed by atoms with Gasteiger partial charge in [-0.05, 0) is 30.5 Å². The van der Waals surface area contributed by atoms with Crippen LogP contribution in [0.3, 0.4) is 0 Å². The number of aromatic nitrogens is 2. The normalized spacial score (nSPS) is 28.5. The number of aliphatic carboxylic acids is 1. The lowest BCUT2D eigenvalue weighted by Crippen LogP contribution is -2.41. The first-order valence-corrected chi connectivity index (χ1v) is 9.33. The van der Waals surface area contributed by atoms with Crippen LogP contribution in [0.5, 0.6) is 0 Å². The van der Waals surface area contributed by atoms with E-state index in [1.165, 1.54) is 18.2 Å². The number of nitrogens with zero attached hydrogens (tertiary/aromatic N) is 2. The Kier molecular flexibility index (Phi) is 4.53. The molecule has 28 heavy (non-hydrogen) atoms. The zero-order valence-corrected chi connectivity index (χ0v) is 15.8. The molecule has 4 rings (SSSR count). The van der Waals surface area contributed by atoms with E-state index in [2.05, 4.69) is 31.2 Å². The van der Waals surface area contributed by atoms with Crippen molar-refractivity contribution < 1.29 is 28.2 Å². The predicted octanol–water partition coefficient (Wildman–Crippen LogP) is 2.68. The molecule has 7 nitrogen and oxygen atoms in total. The highest BCUT2D eigenvalue weighted by Gasteiger charge is 2.61. The average Bonchev–Trinajstić information content (AvgIpc) is 3.13. The zero-order valence-electron chi connectivity index (χ0n) is 14.2. The maximum atomic E-state index is 14.3. The van der Waals surface area contributed by atoms with Crippen molar-refractivity contribution in [2.45, 2.75) is 29.8 Å². The molecule has 2 fully saturated rings. The predicted molar refractivity (Wildman–Crippen MR) is 95.7 cm³/mol. The number of carboxylic acids is 1. The van der Waals surface area contributed by atoms with E-state index in [4.69, 9.17) is 4.74 Å². The quantitative estimate of drug-likeness (QED) is 0.690. The minimum atomic E-state index is -1.26. The number of hydrogen-bond acceptors (Lipinski definition) is 5. The Morgan fingerprint density at radius 3 is 2.71 bits per heavy atom. The Balaban J connectivity index is 1.68. The Labute approximate surface area is 166 Å². The summed E-state index contributed by atoms with van der Waals surface area (Å²) in [5.74, 6) is -2.30. The molecule has 0 spiro atoms. The van der Waals surface area contributed by atoms with E-state index in [0.29, 0.717) is 5.56 Å². The summed E-state index contributed by atoms with van der Waals surface area (Å²) in [6.07, 6.45) is 0.910. The number of benzene rings is 1. The molecule has 1 saturated heterocycles. The van der Waals surface area contributed by atoms with Crippen LogP contribution in [-0.2, 0) is 16.0 Å². The third-order valence-electron chi connectivity index (χ3n) is 5.18. The fourth-order valence-electron chi connectivity index (χ4n) is 3.84. The summed E-state index contributed by atoms with van der Waals surface area (Å²) in [5, 5.41) is 12.6. The molecule has 0 radical (unpaired) electrons. The highest BCUT2D eigenvalue weighted by atomic mass is 79.9. The molecule has 2 aliphatic rings. The first kappa shape index (κ1) is 18.7. The van der Waals surface area contributed by atoms with Crippen molar-refractivity contribution in [2.24, 2.45) is 5.41 Å². The fourth-order valence-corrected chi connectivity index (χ4v) is 4.86. The first-order chi connectivity index (χ1) is 13.3. The van der Waals surface area contributed by atoms with Gasteiger partial charge in [-0.1, -0.05) is 22.0 Å². The van der Waals surface area contributed by atoms with Crippen molar-refractivity contribution in [3.63, 3.8) is 0 Å². The number of halogens is 3. The molecular formula is C18H14BrF2N3O4. The number of hydrogen-bond donors (Lipinski definition) is 2. The fraction of sp³-hybridized carbons (Fsp3) is 0.333. The van der Waals surface area contributed by atoms with E-state index in [-0.39, 0.29) is 24.2 Å². The van der Waals surface area contributed by atoms with Crippen molar-refractivity contribution in [1.29, 1.82) is 0 Å². The zero-order chi connectivity index (χ0) is 20.1. The highest BCUT2D eigenvalue weighted by Crippen LogP contribution is 2.48. The monoisotopic (exact) mass is 453 g/mol. The van der Waals surface area contributed by atoms with Crippen molar-refractivity contribution in [2.75, 3.05) is 0 Å². The van der Waals surface area contributed by atoms with Crippen LogP contribution in [0.4, 0.5) is 13.6 Å². The van der Waals surface area contributed by atoms with Crippen LogP contribution in [-0.4, -0.2) is 44.1 Å². The van der Waals surface area contributed by atoms with Gasteiger partial charge in [-0.3, -0.25) is 4.79 Å². The number of amides is 1. The molecule has 1 amide bonds. The number of rotatable bonds is 4. The van der Waals surface area contributed by atoms with Gasteiger partial charge in [0.05, 0.1) is 34.2 Å².